The van der Waals surface area contributed by atoms with E-state index in [2.05, 4.69) is 15.3 Å². The van der Waals surface area contributed by atoms with Gasteiger partial charge in [0.25, 0.3) is 0 Å². The Bertz CT molecular complexity index is 1400. The van der Waals surface area contributed by atoms with Crippen molar-refractivity contribution in [3.8, 4) is 11.3 Å². The summed E-state index contributed by atoms with van der Waals surface area (Å²) in [5.74, 6) is -0.354. The maximum atomic E-state index is 13.5. The third-order valence-electron chi connectivity index (χ3n) is 6.03. The molecule has 2 aromatic carbocycles. The van der Waals surface area contributed by atoms with E-state index in [4.69, 9.17) is 4.98 Å². The molecule has 4 rings (SSSR count). The van der Waals surface area contributed by atoms with Crippen molar-refractivity contribution in [1.29, 1.82) is 0 Å². The molecule has 2 amide bonds. The molecule has 0 aliphatic rings. The van der Waals surface area contributed by atoms with Crippen LogP contribution >= 0.6 is 23.1 Å². The minimum Gasteiger partial charge on any atom is -0.378 e. The molecule has 8 nitrogen and oxygen atoms in total. The Morgan fingerprint density at radius 2 is 1.64 bits per heavy atom. The second-order valence-electron chi connectivity index (χ2n) is 9.34. The fraction of sp³-hybridized carbons (Fsp3) is 0.276. The lowest BCUT2D eigenvalue weighted by atomic mass is 10.2. The number of carbonyl (C=O) groups excluding carboxylic acids is 2. The second kappa shape index (κ2) is 12.9. The van der Waals surface area contributed by atoms with E-state index < -0.39 is 6.04 Å². The average Bonchev–Trinajstić information content (AvgIpc) is 3.39. The van der Waals surface area contributed by atoms with Gasteiger partial charge in [-0.2, -0.15) is 0 Å². The van der Waals surface area contributed by atoms with E-state index in [-0.39, 0.29) is 24.1 Å². The molecular weight excluding hydrogens is 528 g/mol. The van der Waals surface area contributed by atoms with Gasteiger partial charge in [-0.3, -0.25) is 9.59 Å². The molecule has 202 valence electrons. The summed E-state index contributed by atoms with van der Waals surface area (Å²) in [5, 5.41) is 6.22. The van der Waals surface area contributed by atoms with Gasteiger partial charge in [-0.15, -0.1) is 11.3 Å². The number of hydrogen-bond acceptors (Lipinski definition) is 8. The summed E-state index contributed by atoms with van der Waals surface area (Å²) < 4.78 is 0. The Labute approximate surface area is 237 Å². The summed E-state index contributed by atoms with van der Waals surface area (Å²) in [7, 11) is 3.92. The zero-order valence-electron chi connectivity index (χ0n) is 22.7. The highest BCUT2D eigenvalue weighted by molar-refractivity contribution is 7.99. The summed E-state index contributed by atoms with van der Waals surface area (Å²) in [6.07, 6.45) is 0. The first-order chi connectivity index (χ1) is 18.7. The summed E-state index contributed by atoms with van der Waals surface area (Å²) >= 11 is 2.74. The van der Waals surface area contributed by atoms with Crippen molar-refractivity contribution in [2.45, 2.75) is 38.5 Å². The third kappa shape index (κ3) is 7.64. The molecule has 0 fully saturated rings. The molecule has 1 unspecified atom stereocenters. The maximum absolute atomic E-state index is 13.5. The molecule has 0 radical (unpaired) electrons. The van der Waals surface area contributed by atoms with Crippen molar-refractivity contribution >= 4 is 46.3 Å². The van der Waals surface area contributed by atoms with Crippen molar-refractivity contribution in [2.24, 2.45) is 0 Å². The fourth-order valence-electron chi connectivity index (χ4n) is 3.91. The van der Waals surface area contributed by atoms with Gasteiger partial charge in [0.1, 0.15) is 11.0 Å². The molecule has 2 heterocycles. The topological polar surface area (TPSA) is 91.3 Å². The molecule has 0 spiro atoms. The number of hydrogen-bond donors (Lipinski definition) is 1. The van der Waals surface area contributed by atoms with E-state index in [1.54, 1.807) is 11.8 Å². The van der Waals surface area contributed by atoms with Crippen LogP contribution in [-0.4, -0.2) is 57.6 Å². The zero-order valence-corrected chi connectivity index (χ0v) is 24.3. The molecular formula is C29H32N6O2S2. The third-order valence-corrected chi connectivity index (χ3v) is 7.70. The number of thiazole rings is 1. The number of rotatable bonds is 10. The Morgan fingerprint density at radius 1 is 0.974 bits per heavy atom. The maximum Gasteiger partial charge on any atom is 0.246 e. The SMILES string of the molecule is Cc1cc(C)nc(SCC(=O)N(Cc2nc(-c3ccccc3)cs2)C(C)C(=O)Nc2ccc(N(C)C)cc2)n1. The van der Waals surface area contributed by atoms with Crippen LogP contribution < -0.4 is 10.2 Å². The summed E-state index contributed by atoms with van der Waals surface area (Å²) in [6.45, 7) is 5.76. The number of nitrogens with zero attached hydrogens (tertiary/aromatic N) is 5. The van der Waals surface area contributed by atoms with Crippen LogP contribution in [-0.2, 0) is 16.1 Å². The molecule has 1 N–H and O–H groups in total. The van der Waals surface area contributed by atoms with Crippen LogP contribution in [0.4, 0.5) is 11.4 Å². The number of carbonyl (C=O) groups is 2. The quantitative estimate of drug-likeness (QED) is 0.204. The molecule has 0 aliphatic heterocycles. The second-order valence-corrected chi connectivity index (χ2v) is 11.2. The first-order valence-corrected chi connectivity index (χ1v) is 14.4. The van der Waals surface area contributed by atoms with E-state index >= 15 is 0 Å². The molecule has 0 aliphatic carbocycles. The Balaban J connectivity index is 1.52. The van der Waals surface area contributed by atoms with Crippen LogP contribution in [0.5, 0.6) is 0 Å². The van der Waals surface area contributed by atoms with Gasteiger partial charge in [0, 0.05) is 47.8 Å². The van der Waals surface area contributed by atoms with Gasteiger partial charge in [-0.05, 0) is 51.1 Å². The Hall–Kier alpha value is -3.76. The molecule has 0 saturated heterocycles. The van der Waals surface area contributed by atoms with Crippen molar-refractivity contribution in [3.63, 3.8) is 0 Å². The smallest absolute Gasteiger partial charge is 0.246 e. The lowest BCUT2D eigenvalue weighted by molar-refractivity contribution is -0.136. The molecule has 0 saturated carbocycles. The van der Waals surface area contributed by atoms with Crippen LogP contribution in [0.1, 0.15) is 23.3 Å². The first-order valence-electron chi connectivity index (χ1n) is 12.5. The standard InChI is InChI=1S/C29H32N6O2S2/c1-19-15-20(2)31-29(30-19)39-18-27(36)35(16-26-33-25(17-38-26)22-9-7-6-8-10-22)21(3)28(37)32-23-11-13-24(14-12-23)34(4)5/h6-15,17,21H,16,18H2,1-5H3,(H,32,37). The normalized spacial score (nSPS) is 11.6. The molecule has 1 atom stereocenters. The van der Waals surface area contributed by atoms with Gasteiger partial charge < -0.3 is 15.1 Å². The number of aryl methyl sites for hydroxylation is 2. The first kappa shape index (κ1) is 28.3. The van der Waals surface area contributed by atoms with Crippen molar-refractivity contribution in [3.05, 3.63) is 82.4 Å². The minimum absolute atomic E-state index is 0.106. The number of thioether (sulfide) groups is 1. The largest absolute Gasteiger partial charge is 0.378 e. The molecule has 10 heteroatoms. The van der Waals surface area contributed by atoms with Gasteiger partial charge in [0.15, 0.2) is 5.16 Å². The van der Waals surface area contributed by atoms with E-state index in [0.717, 1.165) is 33.3 Å². The monoisotopic (exact) mass is 560 g/mol. The van der Waals surface area contributed by atoms with Gasteiger partial charge in [-0.1, -0.05) is 42.1 Å². The molecule has 0 bridgehead atoms. The molecule has 4 aromatic rings. The number of benzene rings is 2. The Kier molecular flexibility index (Phi) is 9.32. The van der Waals surface area contributed by atoms with Gasteiger partial charge in [0.2, 0.25) is 11.8 Å². The van der Waals surface area contributed by atoms with Crippen molar-refractivity contribution in [2.75, 3.05) is 30.1 Å². The highest BCUT2D eigenvalue weighted by Gasteiger charge is 2.27. The van der Waals surface area contributed by atoms with Crippen LogP contribution in [0.15, 0.2) is 71.2 Å². The molecule has 39 heavy (non-hydrogen) atoms. The zero-order chi connectivity index (χ0) is 27.9. The van der Waals surface area contributed by atoms with Crippen molar-refractivity contribution in [1.82, 2.24) is 19.9 Å². The number of aromatic nitrogens is 3. The summed E-state index contributed by atoms with van der Waals surface area (Å²) in [6, 6.07) is 18.6. The molecule has 2 aromatic heterocycles. The van der Waals surface area contributed by atoms with Gasteiger partial charge >= 0.3 is 0 Å². The van der Waals surface area contributed by atoms with Crippen molar-refractivity contribution < 1.29 is 9.59 Å². The van der Waals surface area contributed by atoms with E-state index in [0.29, 0.717) is 10.8 Å². The van der Waals surface area contributed by atoms with Gasteiger partial charge in [-0.25, -0.2) is 15.0 Å². The highest BCUT2D eigenvalue weighted by Crippen LogP contribution is 2.24. The highest BCUT2D eigenvalue weighted by atomic mass is 32.2. The fourth-order valence-corrected chi connectivity index (χ4v) is 5.55. The Morgan fingerprint density at radius 3 is 2.28 bits per heavy atom. The number of anilines is 2. The van der Waals surface area contributed by atoms with E-state index in [1.807, 2.05) is 98.9 Å². The average molecular weight is 561 g/mol. The predicted octanol–water partition coefficient (Wildman–Crippen LogP) is 5.43. The predicted molar refractivity (Wildman–Crippen MR) is 159 cm³/mol. The lowest BCUT2D eigenvalue weighted by Crippen LogP contribution is -2.46. The summed E-state index contributed by atoms with van der Waals surface area (Å²) in [5.41, 5.74) is 5.24. The number of amides is 2. The van der Waals surface area contributed by atoms with E-state index in [1.165, 1.54) is 23.1 Å². The lowest BCUT2D eigenvalue weighted by Gasteiger charge is -2.27. The van der Waals surface area contributed by atoms with E-state index in [9.17, 15) is 9.59 Å². The number of nitrogens with one attached hydrogen (secondary N) is 1. The van der Waals surface area contributed by atoms with Gasteiger partial charge in [0.05, 0.1) is 18.0 Å². The van der Waals surface area contributed by atoms with Crippen LogP contribution in [0.2, 0.25) is 0 Å². The summed E-state index contributed by atoms with van der Waals surface area (Å²) in [4.78, 5) is 44.0. The minimum atomic E-state index is -0.726. The van der Waals surface area contributed by atoms with Crippen LogP contribution in [0, 0.1) is 13.8 Å². The van der Waals surface area contributed by atoms with Crippen LogP contribution in [0.25, 0.3) is 11.3 Å². The van der Waals surface area contributed by atoms with Crippen LogP contribution in [0.3, 0.4) is 0 Å².